The summed E-state index contributed by atoms with van der Waals surface area (Å²) in [5.74, 6) is 0.955. The van der Waals surface area contributed by atoms with Crippen LogP contribution in [0.25, 0.3) is 16.6 Å². The van der Waals surface area contributed by atoms with Gasteiger partial charge in [-0.15, -0.1) is 0 Å². The third-order valence-corrected chi connectivity index (χ3v) is 5.08. The Morgan fingerprint density at radius 1 is 1.26 bits per heavy atom. The third-order valence-electron chi connectivity index (χ3n) is 5.08. The molecule has 0 unspecified atom stereocenters. The Bertz CT molecular complexity index is 1280. The van der Waals surface area contributed by atoms with Crippen molar-refractivity contribution in [2.24, 2.45) is 0 Å². The average molecular weight is 414 g/mol. The summed E-state index contributed by atoms with van der Waals surface area (Å²) in [5.41, 5.74) is 2.66. The Hall–Kier alpha value is -4.39. The van der Waals surface area contributed by atoms with Crippen LogP contribution in [0.3, 0.4) is 0 Å². The predicted octanol–water partition coefficient (Wildman–Crippen LogP) is 3.12. The molecule has 10 heteroatoms. The zero-order chi connectivity index (χ0) is 21.5. The maximum atomic E-state index is 12.2. The van der Waals surface area contributed by atoms with Gasteiger partial charge in [0.05, 0.1) is 12.8 Å². The minimum absolute atomic E-state index is 0.175. The fraction of sp³-hybridized carbons (Fsp3) is 0.190. The first kappa shape index (κ1) is 18.6. The highest BCUT2D eigenvalue weighted by Gasteiger charge is 2.30. The summed E-state index contributed by atoms with van der Waals surface area (Å²) in [7, 11) is 1.42. The highest BCUT2D eigenvalue weighted by atomic mass is 16.2. The van der Waals surface area contributed by atoms with Gasteiger partial charge in [-0.25, -0.2) is 14.6 Å². The summed E-state index contributed by atoms with van der Waals surface area (Å²) in [4.78, 5) is 33.1. The Labute approximate surface area is 177 Å². The number of hydrogen-bond donors (Lipinski definition) is 3. The molecular formula is C21H18N8O2. The van der Waals surface area contributed by atoms with Crippen LogP contribution in [0.4, 0.5) is 27.8 Å². The first-order chi connectivity index (χ1) is 15.0. The molecule has 2 fully saturated rings. The number of fused-ring (bicyclic) bond motifs is 1. The van der Waals surface area contributed by atoms with Crippen molar-refractivity contribution in [3.05, 3.63) is 59.2 Å². The Morgan fingerprint density at radius 3 is 2.68 bits per heavy atom. The number of benzene rings is 1. The van der Waals surface area contributed by atoms with Crippen molar-refractivity contribution in [1.82, 2.24) is 24.8 Å². The van der Waals surface area contributed by atoms with Crippen molar-refractivity contribution in [3.8, 4) is 0 Å². The molecule has 154 valence electrons. The lowest BCUT2D eigenvalue weighted by Gasteiger charge is -2.11. The van der Waals surface area contributed by atoms with Crippen molar-refractivity contribution in [3.63, 3.8) is 0 Å². The van der Waals surface area contributed by atoms with Gasteiger partial charge in [0, 0.05) is 30.4 Å². The van der Waals surface area contributed by atoms with E-state index in [4.69, 9.17) is 6.57 Å². The van der Waals surface area contributed by atoms with Gasteiger partial charge in [-0.05, 0) is 31.1 Å². The molecule has 0 spiro atoms. The second-order valence-electron chi connectivity index (χ2n) is 7.42. The molecule has 3 heterocycles. The van der Waals surface area contributed by atoms with Crippen LogP contribution in [0.1, 0.15) is 18.4 Å². The summed E-state index contributed by atoms with van der Waals surface area (Å²) < 4.78 is 1.68. The number of anilines is 3. The molecule has 5 rings (SSSR count). The van der Waals surface area contributed by atoms with E-state index in [1.54, 1.807) is 28.9 Å². The second-order valence-corrected chi connectivity index (χ2v) is 7.42. The van der Waals surface area contributed by atoms with Crippen LogP contribution in [-0.2, 0) is 4.79 Å². The number of aromatic nitrogens is 3. The second kappa shape index (κ2) is 7.14. The van der Waals surface area contributed by atoms with Gasteiger partial charge in [-0.3, -0.25) is 9.69 Å². The minimum atomic E-state index is -0.470. The molecule has 2 aliphatic rings. The van der Waals surface area contributed by atoms with E-state index in [-0.39, 0.29) is 5.70 Å². The molecule has 0 atom stereocenters. The molecular weight excluding hydrogens is 396 g/mol. The van der Waals surface area contributed by atoms with Crippen LogP contribution in [0.15, 0.2) is 42.2 Å². The zero-order valence-corrected chi connectivity index (χ0v) is 16.6. The fourth-order valence-corrected chi connectivity index (χ4v) is 3.23. The number of likely N-dealkylation sites (N-methyl/N-ethyl adjacent to an activating group) is 1. The van der Waals surface area contributed by atoms with Gasteiger partial charge in [0.25, 0.3) is 5.91 Å². The Kier molecular flexibility index (Phi) is 4.29. The number of carbonyl (C=O) groups excluding carboxylic acids is 2. The number of urea groups is 1. The third kappa shape index (κ3) is 3.53. The first-order valence-electron chi connectivity index (χ1n) is 9.72. The molecule has 3 amide bonds. The fourth-order valence-electron chi connectivity index (χ4n) is 3.23. The Balaban J connectivity index is 1.55. The molecule has 1 saturated carbocycles. The predicted molar refractivity (Wildman–Crippen MR) is 115 cm³/mol. The number of carbonyl (C=O) groups is 2. The monoisotopic (exact) mass is 414 g/mol. The van der Waals surface area contributed by atoms with E-state index in [0.717, 1.165) is 29.2 Å². The molecule has 1 saturated heterocycles. The van der Waals surface area contributed by atoms with Gasteiger partial charge in [0.15, 0.2) is 11.3 Å². The molecule has 3 aromatic rings. The van der Waals surface area contributed by atoms with Crippen LogP contribution >= 0.6 is 0 Å². The smallest absolute Gasteiger partial charge is 0.328 e. The largest absolute Gasteiger partial charge is 0.367 e. The number of hydrogen-bond acceptors (Lipinski definition) is 6. The van der Waals surface area contributed by atoms with Crippen LogP contribution in [-0.4, -0.2) is 44.5 Å². The normalized spacial score (nSPS) is 17.2. The summed E-state index contributed by atoms with van der Waals surface area (Å²) in [6.07, 6.45) is 5.37. The molecule has 1 aliphatic heterocycles. The van der Waals surface area contributed by atoms with Crippen LogP contribution in [0.5, 0.6) is 0 Å². The maximum Gasteiger partial charge on any atom is 0.328 e. The molecule has 1 aromatic carbocycles. The number of nitrogens with zero attached hydrogens (tertiary/aromatic N) is 5. The molecule has 3 N–H and O–H groups in total. The maximum absolute atomic E-state index is 12.2. The molecule has 1 aliphatic carbocycles. The molecule has 31 heavy (non-hydrogen) atoms. The lowest BCUT2D eigenvalue weighted by molar-refractivity contribution is -0.121. The van der Waals surface area contributed by atoms with Crippen LogP contribution < -0.4 is 16.0 Å². The number of rotatable bonds is 5. The van der Waals surface area contributed by atoms with Crippen molar-refractivity contribution >= 4 is 46.7 Å². The summed E-state index contributed by atoms with van der Waals surface area (Å²) in [6.45, 7) is 7.08. The number of imide groups is 1. The van der Waals surface area contributed by atoms with Crippen molar-refractivity contribution in [2.75, 3.05) is 17.7 Å². The van der Waals surface area contributed by atoms with Gasteiger partial charge in [-0.2, -0.15) is 9.61 Å². The Morgan fingerprint density at radius 2 is 2.03 bits per heavy atom. The topological polar surface area (TPSA) is 108 Å². The summed E-state index contributed by atoms with van der Waals surface area (Å²) in [5, 5.41) is 13.7. The van der Waals surface area contributed by atoms with Crippen molar-refractivity contribution in [1.29, 1.82) is 0 Å². The lowest BCUT2D eigenvalue weighted by Crippen LogP contribution is -2.25. The van der Waals surface area contributed by atoms with Crippen LogP contribution in [0.2, 0.25) is 0 Å². The van der Waals surface area contributed by atoms with E-state index in [2.05, 4.69) is 30.9 Å². The highest BCUT2D eigenvalue weighted by Crippen LogP contribution is 2.29. The van der Waals surface area contributed by atoms with E-state index in [0.29, 0.717) is 28.8 Å². The van der Waals surface area contributed by atoms with Gasteiger partial charge in [0.1, 0.15) is 17.3 Å². The first-order valence-corrected chi connectivity index (χ1v) is 9.72. The summed E-state index contributed by atoms with van der Waals surface area (Å²) >= 11 is 0. The van der Waals surface area contributed by atoms with E-state index < -0.39 is 11.9 Å². The van der Waals surface area contributed by atoms with Gasteiger partial charge >= 0.3 is 6.03 Å². The standard InChI is InChI=1S/C21H18N8O2/c1-22-13-3-5-14(6-4-13)24-17-10-18(25-15-7-8-15)29-19(27-17)12(11-23-29)9-16-20(30)28(2)21(31)26-16/h3-6,9-11,15,25H,7-8H2,2H3,(H,24,27)(H,26,31)/b16-9-. The number of nitrogens with one attached hydrogen (secondary N) is 3. The zero-order valence-electron chi connectivity index (χ0n) is 16.6. The van der Waals surface area contributed by atoms with Crippen molar-refractivity contribution < 1.29 is 9.59 Å². The molecule has 10 nitrogen and oxygen atoms in total. The number of amides is 3. The van der Waals surface area contributed by atoms with E-state index in [1.807, 2.05) is 18.2 Å². The molecule has 0 bridgehead atoms. The highest BCUT2D eigenvalue weighted by molar-refractivity contribution is 6.14. The molecule has 0 radical (unpaired) electrons. The minimum Gasteiger partial charge on any atom is -0.367 e. The van der Waals surface area contributed by atoms with E-state index in [9.17, 15) is 9.59 Å². The average Bonchev–Trinajstić information content (AvgIpc) is 3.45. The van der Waals surface area contributed by atoms with Crippen molar-refractivity contribution in [2.45, 2.75) is 18.9 Å². The van der Waals surface area contributed by atoms with E-state index in [1.165, 1.54) is 7.05 Å². The van der Waals surface area contributed by atoms with E-state index >= 15 is 0 Å². The van der Waals surface area contributed by atoms with Gasteiger partial charge < -0.3 is 16.0 Å². The summed E-state index contributed by atoms with van der Waals surface area (Å²) in [6, 6.07) is 8.89. The SMILES string of the molecule is [C-]#[N+]c1ccc(Nc2cc(NC3CC3)n3ncc(/C=C4\NC(=O)N(C)C4=O)c3n2)cc1. The molecule has 2 aromatic heterocycles. The lowest BCUT2D eigenvalue weighted by atomic mass is 10.2. The van der Waals surface area contributed by atoms with Gasteiger partial charge in [0.2, 0.25) is 0 Å². The van der Waals surface area contributed by atoms with Crippen LogP contribution in [0, 0.1) is 6.57 Å². The van der Waals surface area contributed by atoms with Gasteiger partial charge in [-0.1, -0.05) is 12.1 Å². The quantitative estimate of drug-likeness (QED) is 0.336.